The van der Waals surface area contributed by atoms with Crippen LogP contribution in [0.4, 0.5) is 4.39 Å². The van der Waals surface area contributed by atoms with Crippen LogP contribution in [0.5, 0.6) is 5.75 Å². The van der Waals surface area contributed by atoms with Crippen molar-refractivity contribution in [3.8, 4) is 17.0 Å². The molecule has 0 spiro atoms. The molecule has 6 nitrogen and oxygen atoms in total. The molecule has 0 aliphatic rings. The van der Waals surface area contributed by atoms with Crippen LogP contribution in [0.2, 0.25) is 0 Å². The number of methoxy groups -OCH3 is 1. The third-order valence-corrected chi connectivity index (χ3v) is 3.48. The summed E-state index contributed by atoms with van der Waals surface area (Å²) in [7, 11) is 1.59. The normalized spacial score (nSPS) is 10.7. The van der Waals surface area contributed by atoms with Crippen LogP contribution in [-0.4, -0.2) is 29.2 Å². The van der Waals surface area contributed by atoms with Crippen LogP contribution >= 0.6 is 0 Å². The molecule has 0 saturated carbocycles. The molecule has 3 aromatic rings. The van der Waals surface area contributed by atoms with E-state index in [0.717, 1.165) is 11.3 Å². The number of hydrazone groups is 1. The topological polar surface area (TPSA) is 76.5 Å². The van der Waals surface area contributed by atoms with Crippen molar-refractivity contribution in [2.45, 2.75) is 0 Å². The number of rotatable bonds is 5. The molecule has 0 bridgehead atoms. The fraction of sp³-hybridized carbons (Fsp3) is 0.0526. The maximum Gasteiger partial charge on any atom is 0.291 e. The van der Waals surface area contributed by atoms with E-state index >= 15 is 0 Å². The summed E-state index contributed by atoms with van der Waals surface area (Å²) in [4.78, 5) is 20.5. The molecule has 0 saturated heterocycles. The van der Waals surface area contributed by atoms with Gasteiger partial charge < -0.3 is 4.74 Å². The smallest absolute Gasteiger partial charge is 0.291 e. The maximum absolute atomic E-state index is 13.1. The second kappa shape index (κ2) is 7.98. The predicted molar refractivity (Wildman–Crippen MR) is 95.5 cm³/mol. The molecule has 0 aliphatic heterocycles. The van der Waals surface area contributed by atoms with Gasteiger partial charge in [-0.1, -0.05) is 12.1 Å². The number of nitrogens with one attached hydrogen (secondary N) is 1. The Labute approximate surface area is 149 Å². The molecule has 1 N–H and O–H groups in total. The first-order chi connectivity index (χ1) is 12.7. The van der Waals surface area contributed by atoms with Gasteiger partial charge in [0.2, 0.25) is 0 Å². The van der Waals surface area contributed by atoms with Crippen molar-refractivity contribution in [2.24, 2.45) is 5.10 Å². The summed E-state index contributed by atoms with van der Waals surface area (Å²) in [5.74, 6) is -0.166. The zero-order valence-corrected chi connectivity index (χ0v) is 13.9. The van der Waals surface area contributed by atoms with E-state index < -0.39 is 5.91 Å². The Morgan fingerprint density at radius 2 is 2.00 bits per heavy atom. The van der Waals surface area contributed by atoms with E-state index in [4.69, 9.17) is 4.74 Å². The summed E-state index contributed by atoms with van der Waals surface area (Å²) < 4.78 is 18.2. The van der Waals surface area contributed by atoms with Crippen molar-refractivity contribution in [3.05, 3.63) is 78.0 Å². The van der Waals surface area contributed by atoms with Crippen LogP contribution in [-0.2, 0) is 0 Å². The number of nitrogens with zero attached hydrogens (tertiary/aromatic N) is 3. The predicted octanol–water partition coefficient (Wildman–Crippen LogP) is 3.06. The lowest BCUT2D eigenvalue weighted by Gasteiger charge is -2.04. The van der Waals surface area contributed by atoms with E-state index in [0.29, 0.717) is 11.3 Å². The lowest BCUT2D eigenvalue weighted by Crippen LogP contribution is -2.19. The first kappa shape index (κ1) is 17.2. The highest BCUT2D eigenvalue weighted by Gasteiger charge is 2.09. The third-order valence-electron chi connectivity index (χ3n) is 3.48. The zero-order valence-electron chi connectivity index (χ0n) is 13.9. The summed E-state index contributed by atoms with van der Waals surface area (Å²) in [5.41, 5.74) is 4.35. The second-order valence-electron chi connectivity index (χ2n) is 5.27. The van der Waals surface area contributed by atoms with E-state index in [2.05, 4.69) is 20.5 Å². The average Bonchev–Trinajstić information content (AvgIpc) is 2.68. The Morgan fingerprint density at radius 1 is 1.19 bits per heavy atom. The van der Waals surface area contributed by atoms with Crippen molar-refractivity contribution in [1.29, 1.82) is 0 Å². The van der Waals surface area contributed by atoms with Gasteiger partial charge in [-0.3, -0.25) is 9.78 Å². The molecule has 0 aliphatic carbocycles. The number of carbonyl (C=O) groups excluding carboxylic acids is 1. The van der Waals surface area contributed by atoms with Gasteiger partial charge in [-0.25, -0.2) is 14.8 Å². The Morgan fingerprint density at radius 3 is 2.73 bits per heavy atom. The minimum atomic E-state index is -0.513. The first-order valence-electron chi connectivity index (χ1n) is 7.71. The number of benzene rings is 2. The highest BCUT2D eigenvalue weighted by Crippen LogP contribution is 2.20. The lowest BCUT2D eigenvalue weighted by molar-refractivity contribution is 0.0950. The number of ether oxygens (including phenoxy) is 1. The molecule has 1 amide bonds. The quantitative estimate of drug-likeness (QED) is 0.567. The van der Waals surface area contributed by atoms with E-state index in [1.54, 1.807) is 37.6 Å². The van der Waals surface area contributed by atoms with E-state index in [9.17, 15) is 9.18 Å². The van der Waals surface area contributed by atoms with Gasteiger partial charge in [0.15, 0.2) is 0 Å². The van der Waals surface area contributed by atoms with Crippen LogP contribution in [0, 0.1) is 5.82 Å². The maximum atomic E-state index is 13.1. The Hall–Kier alpha value is -3.61. The van der Waals surface area contributed by atoms with Gasteiger partial charge in [-0.05, 0) is 42.0 Å². The number of hydrogen-bond acceptors (Lipinski definition) is 5. The molecule has 0 radical (unpaired) electrons. The Balaban J connectivity index is 1.71. The van der Waals surface area contributed by atoms with Crippen molar-refractivity contribution in [1.82, 2.24) is 15.4 Å². The van der Waals surface area contributed by atoms with Gasteiger partial charge in [0.25, 0.3) is 5.91 Å². The number of halogens is 1. The monoisotopic (exact) mass is 350 g/mol. The fourth-order valence-corrected chi connectivity index (χ4v) is 2.19. The zero-order chi connectivity index (χ0) is 18.4. The molecule has 130 valence electrons. The van der Waals surface area contributed by atoms with Crippen LogP contribution < -0.4 is 10.2 Å². The summed E-state index contributed by atoms with van der Waals surface area (Å²) >= 11 is 0. The van der Waals surface area contributed by atoms with Gasteiger partial charge in [0.1, 0.15) is 17.3 Å². The van der Waals surface area contributed by atoms with Crippen LogP contribution in [0.1, 0.15) is 16.1 Å². The highest BCUT2D eigenvalue weighted by molar-refractivity contribution is 5.93. The molecular weight excluding hydrogens is 335 g/mol. The SMILES string of the molecule is COc1ccc(-c2cncc(C(=O)N/N=C/c3cccc(F)c3)n2)cc1. The van der Waals surface area contributed by atoms with Crippen molar-refractivity contribution < 1.29 is 13.9 Å². The van der Waals surface area contributed by atoms with Gasteiger partial charge in [0, 0.05) is 5.56 Å². The minimum absolute atomic E-state index is 0.120. The summed E-state index contributed by atoms with van der Waals surface area (Å²) in [6.07, 6.45) is 4.26. The highest BCUT2D eigenvalue weighted by atomic mass is 19.1. The summed E-state index contributed by atoms with van der Waals surface area (Å²) in [5, 5.41) is 3.81. The van der Waals surface area contributed by atoms with Gasteiger partial charge in [-0.2, -0.15) is 5.10 Å². The molecule has 0 unspecified atom stereocenters. The van der Waals surface area contributed by atoms with Crippen LogP contribution in [0.3, 0.4) is 0 Å². The van der Waals surface area contributed by atoms with E-state index in [-0.39, 0.29) is 11.5 Å². The number of hydrogen-bond donors (Lipinski definition) is 1. The Kier molecular flexibility index (Phi) is 5.28. The van der Waals surface area contributed by atoms with Crippen LogP contribution in [0.25, 0.3) is 11.3 Å². The van der Waals surface area contributed by atoms with Gasteiger partial charge in [0.05, 0.1) is 31.4 Å². The second-order valence-corrected chi connectivity index (χ2v) is 5.27. The van der Waals surface area contributed by atoms with E-state index in [1.165, 1.54) is 24.5 Å². The fourth-order valence-electron chi connectivity index (χ4n) is 2.19. The van der Waals surface area contributed by atoms with Crippen molar-refractivity contribution in [3.63, 3.8) is 0 Å². The van der Waals surface area contributed by atoms with Crippen molar-refractivity contribution in [2.75, 3.05) is 7.11 Å². The largest absolute Gasteiger partial charge is 0.497 e. The summed E-state index contributed by atoms with van der Waals surface area (Å²) in [6.45, 7) is 0. The number of amides is 1. The first-order valence-corrected chi connectivity index (χ1v) is 7.71. The molecule has 0 atom stereocenters. The molecule has 26 heavy (non-hydrogen) atoms. The molecule has 2 aromatic carbocycles. The van der Waals surface area contributed by atoms with Crippen molar-refractivity contribution >= 4 is 12.1 Å². The molecule has 1 aromatic heterocycles. The molecule has 1 heterocycles. The average molecular weight is 350 g/mol. The lowest BCUT2D eigenvalue weighted by atomic mass is 10.1. The molecule has 3 rings (SSSR count). The number of carbonyl (C=O) groups is 1. The van der Waals surface area contributed by atoms with Crippen LogP contribution in [0.15, 0.2) is 66.0 Å². The molecule has 0 fully saturated rings. The van der Waals surface area contributed by atoms with E-state index in [1.807, 2.05) is 12.1 Å². The number of aromatic nitrogens is 2. The minimum Gasteiger partial charge on any atom is -0.497 e. The standard InChI is InChI=1S/C19H15FN4O2/c1-26-16-7-5-14(6-8-16)17-11-21-12-18(23-17)19(25)24-22-10-13-3-2-4-15(20)9-13/h2-12H,1H3,(H,24,25)/b22-10+. The van der Waals surface area contributed by atoms with Gasteiger partial charge in [-0.15, -0.1) is 0 Å². The third kappa shape index (κ3) is 4.27. The molecular formula is C19H15FN4O2. The summed E-state index contributed by atoms with van der Waals surface area (Å²) in [6, 6.07) is 13.1. The molecule has 7 heteroatoms. The Bertz CT molecular complexity index is 942. The van der Waals surface area contributed by atoms with Gasteiger partial charge >= 0.3 is 0 Å².